The number of rotatable bonds is 3. The Morgan fingerprint density at radius 1 is 1.33 bits per heavy atom. The summed E-state index contributed by atoms with van der Waals surface area (Å²) in [7, 11) is 0. The van der Waals surface area contributed by atoms with Crippen LogP contribution in [0, 0.1) is 11.8 Å². The second kappa shape index (κ2) is 4.28. The third kappa shape index (κ3) is 2.03. The van der Waals surface area contributed by atoms with Crippen LogP contribution in [0.15, 0.2) is 0 Å². The predicted molar refractivity (Wildman–Crippen MR) is 54.9 cm³/mol. The lowest BCUT2D eigenvalue weighted by Crippen LogP contribution is -2.42. The highest BCUT2D eigenvalue weighted by Crippen LogP contribution is 2.28. The Morgan fingerprint density at radius 3 is 2.80 bits per heavy atom. The molecule has 5 heteroatoms. The van der Waals surface area contributed by atoms with Crippen molar-refractivity contribution in [3.05, 3.63) is 0 Å². The summed E-state index contributed by atoms with van der Waals surface area (Å²) in [4.78, 5) is 25.1. The number of nitrogens with one attached hydrogen (secondary N) is 1. The fourth-order valence-corrected chi connectivity index (χ4v) is 2.42. The number of imide groups is 1. The van der Waals surface area contributed by atoms with Crippen LogP contribution < -0.4 is 11.1 Å². The highest BCUT2D eigenvalue weighted by Gasteiger charge is 2.44. The summed E-state index contributed by atoms with van der Waals surface area (Å²) in [5.41, 5.74) is 5.44. The maximum atomic E-state index is 11.5. The minimum Gasteiger partial charge on any atom is -0.330 e. The Hall–Kier alpha value is -0.940. The molecule has 0 bridgehead atoms. The topological polar surface area (TPSA) is 75.4 Å². The summed E-state index contributed by atoms with van der Waals surface area (Å²) in [6.45, 7) is 3.22. The van der Waals surface area contributed by atoms with E-state index in [1.165, 1.54) is 0 Å². The van der Waals surface area contributed by atoms with Crippen molar-refractivity contribution >= 4 is 11.8 Å². The zero-order chi connectivity index (χ0) is 10.8. The summed E-state index contributed by atoms with van der Waals surface area (Å²) in [6, 6.07) is 0. The van der Waals surface area contributed by atoms with Crippen molar-refractivity contribution < 1.29 is 9.59 Å². The van der Waals surface area contributed by atoms with Crippen molar-refractivity contribution in [3.8, 4) is 0 Å². The molecule has 0 aromatic heterocycles. The van der Waals surface area contributed by atoms with Gasteiger partial charge in [-0.1, -0.05) is 0 Å². The van der Waals surface area contributed by atoms with Crippen LogP contribution in [-0.4, -0.2) is 42.9 Å². The Morgan fingerprint density at radius 2 is 2.07 bits per heavy atom. The summed E-state index contributed by atoms with van der Waals surface area (Å²) in [5.74, 6) is -0.374. The normalized spacial score (nSPS) is 31.5. The molecular weight excluding hydrogens is 194 g/mol. The molecule has 2 heterocycles. The molecule has 0 unspecified atom stereocenters. The number of hydrogen-bond acceptors (Lipinski definition) is 4. The predicted octanol–water partition coefficient (Wildman–Crippen LogP) is -1.07. The quantitative estimate of drug-likeness (QED) is 0.583. The van der Waals surface area contributed by atoms with Crippen molar-refractivity contribution in [2.45, 2.75) is 12.8 Å². The molecule has 0 aliphatic carbocycles. The van der Waals surface area contributed by atoms with Gasteiger partial charge in [0, 0.05) is 6.54 Å². The molecular formula is C10H17N3O2. The first-order chi connectivity index (χ1) is 7.22. The molecule has 0 saturated carbocycles. The Bertz CT molecular complexity index is 280. The van der Waals surface area contributed by atoms with E-state index in [9.17, 15) is 9.59 Å². The van der Waals surface area contributed by atoms with Crippen LogP contribution in [0.1, 0.15) is 12.8 Å². The number of amides is 2. The number of carbonyl (C=O) groups excluding carboxylic acids is 2. The number of fused-ring (bicyclic) bond motifs is 1. The van der Waals surface area contributed by atoms with Crippen LogP contribution in [0.3, 0.4) is 0 Å². The van der Waals surface area contributed by atoms with E-state index < -0.39 is 0 Å². The minimum absolute atomic E-state index is 0.0772. The highest BCUT2D eigenvalue weighted by atomic mass is 16.2. The van der Waals surface area contributed by atoms with E-state index in [4.69, 9.17) is 5.73 Å². The van der Waals surface area contributed by atoms with E-state index in [1.807, 2.05) is 0 Å². The van der Waals surface area contributed by atoms with Gasteiger partial charge in [0.25, 0.3) is 0 Å². The van der Waals surface area contributed by atoms with Gasteiger partial charge < -0.3 is 10.6 Å². The van der Waals surface area contributed by atoms with Crippen molar-refractivity contribution in [1.82, 2.24) is 10.2 Å². The summed E-state index contributed by atoms with van der Waals surface area (Å²) >= 11 is 0. The Balaban J connectivity index is 1.93. The van der Waals surface area contributed by atoms with Gasteiger partial charge >= 0.3 is 0 Å². The van der Waals surface area contributed by atoms with Gasteiger partial charge in [0.2, 0.25) is 11.8 Å². The van der Waals surface area contributed by atoms with Crippen molar-refractivity contribution in [3.63, 3.8) is 0 Å². The SMILES string of the molecule is NCCCN1CC[C@H]2C(=O)NC(=O)[C@H]2C1. The minimum atomic E-state index is -0.121. The lowest BCUT2D eigenvalue weighted by molar-refractivity contribution is -0.126. The molecule has 5 nitrogen and oxygen atoms in total. The van der Waals surface area contributed by atoms with Crippen molar-refractivity contribution in [2.75, 3.05) is 26.2 Å². The second-order valence-corrected chi connectivity index (χ2v) is 4.30. The fourth-order valence-electron chi connectivity index (χ4n) is 2.42. The lowest BCUT2D eigenvalue weighted by atomic mass is 9.88. The molecule has 2 rings (SSSR count). The zero-order valence-electron chi connectivity index (χ0n) is 8.74. The van der Waals surface area contributed by atoms with E-state index in [-0.39, 0.29) is 23.7 Å². The molecule has 15 heavy (non-hydrogen) atoms. The van der Waals surface area contributed by atoms with Gasteiger partial charge in [-0.05, 0) is 32.5 Å². The number of hydrogen-bond donors (Lipinski definition) is 2. The Labute approximate surface area is 89.0 Å². The third-order valence-corrected chi connectivity index (χ3v) is 3.30. The number of carbonyl (C=O) groups is 2. The van der Waals surface area contributed by atoms with E-state index in [2.05, 4.69) is 10.2 Å². The monoisotopic (exact) mass is 211 g/mol. The number of piperidine rings is 1. The zero-order valence-corrected chi connectivity index (χ0v) is 8.74. The molecule has 0 aromatic carbocycles. The first kappa shape index (κ1) is 10.6. The fraction of sp³-hybridized carbons (Fsp3) is 0.800. The van der Waals surface area contributed by atoms with Gasteiger partial charge in [-0.2, -0.15) is 0 Å². The van der Waals surface area contributed by atoms with Gasteiger partial charge in [-0.3, -0.25) is 14.9 Å². The average molecular weight is 211 g/mol. The van der Waals surface area contributed by atoms with Crippen LogP contribution in [0.5, 0.6) is 0 Å². The van der Waals surface area contributed by atoms with Crippen LogP contribution in [-0.2, 0) is 9.59 Å². The third-order valence-electron chi connectivity index (χ3n) is 3.30. The lowest BCUT2D eigenvalue weighted by Gasteiger charge is -2.32. The van der Waals surface area contributed by atoms with Gasteiger partial charge in [-0.15, -0.1) is 0 Å². The molecule has 2 fully saturated rings. The summed E-state index contributed by atoms with van der Waals surface area (Å²) in [5, 5.41) is 2.41. The number of likely N-dealkylation sites (tertiary alicyclic amines) is 1. The molecule has 0 radical (unpaired) electrons. The first-order valence-corrected chi connectivity index (χ1v) is 5.49. The van der Waals surface area contributed by atoms with Crippen molar-refractivity contribution in [2.24, 2.45) is 17.6 Å². The van der Waals surface area contributed by atoms with Gasteiger partial charge in [0.15, 0.2) is 0 Å². The van der Waals surface area contributed by atoms with Gasteiger partial charge in [0.1, 0.15) is 0 Å². The molecule has 0 aromatic rings. The van der Waals surface area contributed by atoms with Crippen LogP contribution in [0.2, 0.25) is 0 Å². The van der Waals surface area contributed by atoms with Gasteiger partial charge in [0.05, 0.1) is 11.8 Å². The Kier molecular flexibility index (Phi) is 3.02. The second-order valence-electron chi connectivity index (χ2n) is 4.30. The maximum absolute atomic E-state index is 11.5. The van der Waals surface area contributed by atoms with E-state index in [0.29, 0.717) is 13.1 Å². The molecule has 2 aliphatic rings. The largest absolute Gasteiger partial charge is 0.330 e. The van der Waals surface area contributed by atoms with Gasteiger partial charge in [-0.25, -0.2) is 0 Å². The molecule has 84 valence electrons. The number of nitrogens with two attached hydrogens (primary N) is 1. The maximum Gasteiger partial charge on any atom is 0.231 e. The van der Waals surface area contributed by atoms with Crippen molar-refractivity contribution in [1.29, 1.82) is 0 Å². The molecule has 2 aliphatic heterocycles. The smallest absolute Gasteiger partial charge is 0.231 e. The van der Waals surface area contributed by atoms with E-state index in [0.717, 1.165) is 25.9 Å². The highest BCUT2D eigenvalue weighted by molar-refractivity contribution is 6.05. The summed E-state index contributed by atoms with van der Waals surface area (Å²) in [6.07, 6.45) is 1.75. The molecule has 0 spiro atoms. The number of nitrogens with zero attached hydrogens (tertiary/aromatic N) is 1. The van der Waals surface area contributed by atoms with E-state index in [1.54, 1.807) is 0 Å². The molecule has 3 N–H and O–H groups in total. The molecule has 2 atom stereocenters. The van der Waals surface area contributed by atoms with Crippen LogP contribution in [0.25, 0.3) is 0 Å². The van der Waals surface area contributed by atoms with E-state index >= 15 is 0 Å². The summed E-state index contributed by atoms with van der Waals surface area (Å²) < 4.78 is 0. The van der Waals surface area contributed by atoms with Crippen LogP contribution in [0.4, 0.5) is 0 Å². The first-order valence-electron chi connectivity index (χ1n) is 5.49. The average Bonchev–Trinajstić information content (AvgIpc) is 2.52. The molecule has 2 saturated heterocycles. The molecule has 2 amide bonds. The standard InChI is InChI=1S/C10H17N3O2/c11-3-1-4-13-5-2-7-8(6-13)10(15)12-9(7)14/h7-8H,1-6,11H2,(H,12,14,15)/t7-,8+/m1/s1. The van der Waals surface area contributed by atoms with Crippen LogP contribution >= 0.6 is 0 Å².